The summed E-state index contributed by atoms with van der Waals surface area (Å²) in [7, 11) is 0. The average molecular weight is 585 g/mol. The second-order valence-corrected chi connectivity index (χ2v) is 11.7. The maximum absolute atomic E-state index is 13.6. The highest BCUT2D eigenvalue weighted by Crippen LogP contribution is 2.48. The SMILES string of the molecule is Cc1cc(C)c(C2C(C#N)=C(N)N(c3ccc(Cl)c([N+](=O)[O-])c3)C3=C2C(=O)CCC3)cc1CSCc1ccccc1. The Labute approximate surface area is 248 Å². The molecule has 1 atom stereocenters. The molecule has 9 heteroatoms. The fourth-order valence-electron chi connectivity index (χ4n) is 5.71. The smallest absolute Gasteiger partial charge is 0.289 e. The molecule has 0 spiro atoms. The van der Waals surface area contributed by atoms with Gasteiger partial charge in [-0.15, -0.1) is 0 Å². The van der Waals surface area contributed by atoms with E-state index in [1.165, 1.54) is 17.7 Å². The number of thioether (sulfide) groups is 1. The largest absolute Gasteiger partial charge is 0.384 e. The van der Waals surface area contributed by atoms with E-state index in [1.54, 1.807) is 11.0 Å². The van der Waals surface area contributed by atoms with Crippen LogP contribution in [0.4, 0.5) is 11.4 Å². The van der Waals surface area contributed by atoms with Crippen LogP contribution in [-0.4, -0.2) is 10.7 Å². The van der Waals surface area contributed by atoms with Crippen LogP contribution in [0.15, 0.2) is 83.3 Å². The number of Topliss-reactive ketones (excluding diaryl/α,β-unsaturated/α-hetero) is 1. The molecule has 0 fully saturated rings. The van der Waals surface area contributed by atoms with Crippen molar-refractivity contribution in [1.29, 1.82) is 5.26 Å². The van der Waals surface area contributed by atoms with Gasteiger partial charge in [0.2, 0.25) is 0 Å². The molecule has 0 radical (unpaired) electrons. The molecule has 0 amide bonds. The minimum Gasteiger partial charge on any atom is -0.384 e. The average Bonchev–Trinajstić information content (AvgIpc) is 2.95. The Hall–Kier alpha value is -4.06. The highest BCUT2D eigenvalue weighted by Gasteiger charge is 2.41. The maximum atomic E-state index is 13.6. The summed E-state index contributed by atoms with van der Waals surface area (Å²) in [6.07, 6.45) is 1.55. The van der Waals surface area contributed by atoms with Crippen LogP contribution in [0.5, 0.6) is 0 Å². The molecular weight excluding hydrogens is 556 g/mol. The highest BCUT2D eigenvalue weighted by atomic mass is 35.5. The van der Waals surface area contributed by atoms with Gasteiger partial charge in [-0.3, -0.25) is 19.8 Å². The Morgan fingerprint density at radius 2 is 1.85 bits per heavy atom. The van der Waals surface area contributed by atoms with Crippen LogP contribution in [0.2, 0.25) is 5.02 Å². The lowest BCUT2D eigenvalue weighted by Crippen LogP contribution is -2.39. The first kappa shape index (κ1) is 28.5. The molecule has 0 saturated carbocycles. The number of ketones is 1. The van der Waals surface area contributed by atoms with Crippen LogP contribution < -0.4 is 10.6 Å². The normalized spacial score (nSPS) is 17.0. The van der Waals surface area contributed by atoms with Crippen molar-refractivity contribution < 1.29 is 9.72 Å². The second kappa shape index (κ2) is 11.8. The summed E-state index contributed by atoms with van der Waals surface area (Å²) >= 11 is 7.89. The first-order chi connectivity index (χ1) is 19.7. The zero-order chi connectivity index (χ0) is 29.3. The Morgan fingerprint density at radius 3 is 2.56 bits per heavy atom. The number of hydrogen-bond acceptors (Lipinski definition) is 7. The highest BCUT2D eigenvalue weighted by molar-refractivity contribution is 7.97. The molecule has 3 aromatic carbocycles. The molecule has 0 bridgehead atoms. The number of nitro groups is 1. The molecule has 1 heterocycles. The minimum absolute atomic E-state index is 0.00133. The van der Waals surface area contributed by atoms with Crippen molar-refractivity contribution in [2.24, 2.45) is 5.73 Å². The Morgan fingerprint density at radius 1 is 1.10 bits per heavy atom. The van der Waals surface area contributed by atoms with E-state index in [4.69, 9.17) is 17.3 Å². The quantitative estimate of drug-likeness (QED) is 0.224. The fourth-order valence-corrected chi connectivity index (χ4v) is 6.96. The summed E-state index contributed by atoms with van der Waals surface area (Å²) in [4.78, 5) is 26.3. The first-order valence-electron chi connectivity index (χ1n) is 13.3. The van der Waals surface area contributed by atoms with Gasteiger partial charge in [-0.1, -0.05) is 54.1 Å². The molecule has 2 N–H and O–H groups in total. The second-order valence-electron chi connectivity index (χ2n) is 10.3. The summed E-state index contributed by atoms with van der Waals surface area (Å²) in [5, 5.41) is 22.0. The molecule has 2 aliphatic rings. The molecule has 208 valence electrons. The van der Waals surface area contributed by atoms with Crippen molar-refractivity contribution in [1.82, 2.24) is 0 Å². The molecule has 1 aliphatic heterocycles. The van der Waals surface area contributed by atoms with E-state index >= 15 is 0 Å². The summed E-state index contributed by atoms with van der Waals surface area (Å²) in [6.45, 7) is 4.08. The van der Waals surface area contributed by atoms with E-state index in [9.17, 15) is 20.2 Å². The molecule has 3 aromatic rings. The third-order valence-electron chi connectivity index (χ3n) is 7.70. The zero-order valence-corrected chi connectivity index (χ0v) is 24.4. The standard InChI is InChI=1S/C32H29ClN4O3S/c1-19-13-20(2)24(14-22(19)18-41-17-21-7-4-3-5-8-21)30-25(16-34)32(35)36(27-9-6-10-29(38)31(27)30)23-11-12-26(33)28(15-23)37(39)40/h3-5,7-8,11-15,30H,6,9-10,17-18,35H2,1-2H3. The van der Waals surface area contributed by atoms with Crippen LogP contribution in [0.3, 0.4) is 0 Å². The number of nitriles is 1. The lowest BCUT2D eigenvalue weighted by Gasteiger charge is -2.40. The number of benzene rings is 3. The Bertz CT molecular complexity index is 1660. The van der Waals surface area contributed by atoms with Crippen LogP contribution in [0.1, 0.15) is 53.0 Å². The third-order valence-corrected chi connectivity index (χ3v) is 9.07. The van der Waals surface area contributed by atoms with E-state index in [1.807, 2.05) is 36.9 Å². The van der Waals surface area contributed by atoms with Gasteiger partial charge in [0.15, 0.2) is 5.78 Å². The third kappa shape index (κ3) is 5.48. The van der Waals surface area contributed by atoms with E-state index in [0.717, 1.165) is 33.8 Å². The van der Waals surface area contributed by atoms with Crippen molar-refractivity contribution in [2.45, 2.75) is 50.5 Å². The number of carbonyl (C=O) groups excluding carboxylic acids is 1. The number of allylic oxidation sites excluding steroid dienone is 3. The first-order valence-corrected chi connectivity index (χ1v) is 14.9. The monoisotopic (exact) mass is 584 g/mol. The summed E-state index contributed by atoms with van der Waals surface area (Å²) in [6, 6.07) is 21.2. The lowest BCUT2D eigenvalue weighted by atomic mass is 9.74. The number of carbonyl (C=O) groups is 1. The predicted octanol–water partition coefficient (Wildman–Crippen LogP) is 7.60. The predicted molar refractivity (Wildman–Crippen MR) is 163 cm³/mol. The Balaban J connectivity index is 1.60. The van der Waals surface area contributed by atoms with Crippen LogP contribution in [-0.2, 0) is 16.3 Å². The van der Waals surface area contributed by atoms with Crippen molar-refractivity contribution in [3.8, 4) is 6.07 Å². The number of halogens is 1. The van der Waals surface area contributed by atoms with E-state index in [0.29, 0.717) is 36.2 Å². The van der Waals surface area contributed by atoms with Crippen molar-refractivity contribution in [3.05, 3.63) is 126 Å². The fraction of sp³-hybridized carbons (Fsp3) is 0.250. The van der Waals surface area contributed by atoms with Gasteiger partial charge in [-0.2, -0.15) is 17.0 Å². The van der Waals surface area contributed by atoms with E-state index in [2.05, 4.69) is 37.3 Å². The van der Waals surface area contributed by atoms with Gasteiger partial charge in [0.25, 0.3) is 5.69 Å². The number of hydrogen-bond donors (Lipinski definition) is 1. The molecule has 0 saturated heterocycles. The number of rotatable bonds is 7. The van der Waals surface area contributed by atoms with Crippen molar-refractivity contribution in [2.75, 3.05) is 4.90 Å². The van der Waals surface area contributed by atoms with Crippen molar-refractivity contribution >= 4 is 40.5 Å². The molecule has 41 heavy (non-hydrogen) atoms. The lowest BCUT2D eigenvalue weighted by molar-refractivity contribution is -0.384. The van der Waals surface area contributed by atoms with Crippen LogP contribution in [0, 0.1) is 35.3 Å². The van der Waals surface area contributed by atoms with Gasteiger partial charge in [0, 0.05) is 35.3 Å². The van der Waals surface area contributed by atoms with Gasteiger partial charge in [0.05, 0.1) is 28.2 Å². The summed E-state index contributed by atoms with van der Waals surface area (Å²) < 4.78 is 0. The van der Waals surface area contributed by atoms with Gasteiger partial charge in [0.1, 0.15) is 10.8 Å². The molecule has 5 rings (SSSR count). The van der Waals surface area contributed by atoms with Crippen molar-refractivity contribution in [3.63, 3.8) is 0 Å². The Kier molecular flexibility index (Phi) is 8.20. The van der Waals surface area contributed by atoms with Gasteiger partial charge < -0.3 is 5.73 Å². The molecule has 1 aliphatic carbocycles. The molecular formula is C32H29ClN4O3S. The number of nitrogens with zero attached hydrogens (tertiary/aromatic N) is 3. The summed E-state index contributed by atoms with van der Waals surface area (Å²) in [5.41, 5.74) is 13.7. The molecule has 1 unspecified atom stereocenters. The van der Waals surface area contributed by atoms with Crippen LogP contribution in [0.25, 0.3) is 0 Å². The van der Waals surface area contributed by atoms with E-state index in [-0.39, 0.29) is 27.9 Å². The summed E-state index contributed by atoms with van der Waals surface area (Å²) in [5.74, 6) is 1.17. The maximum Gasteiger partial charge on any atom is 0.289 e. The molecule has 7 nitrogen and oxygen atoms in total. The zero-order valence-electron chi connectivity index (χ0n) is 22.8. The minimum atomic E-state index is -0.611. The number of nitrogens with two attached hydrogens (primary N) is 1. The van der Waals surface area contributed by atoms with Gasteiger partial charge >= 0.3 is 0 Å². The van der Waals surface area contributed by atoms with Gasteiger partial charge in [-0.05, 0) is 66.6 Å². The van der Waals surface area contributed by atoms with Gasteiger partial charge in [-0.25, -0.2) is 0 Å². The number of nitro benzene ring substituents is 1. The van der Waals surface area contributed by atoms with Crippen LogP contribution >= 0.6 is 23.4 Å². The topological polar surface area (TPSA) is 113 Å². The molecule has 0 aromatic heterocycles. The number of aryl methyl sites for hydroxylation is 2. The number of anilines is 1. The van der Waals surface area contributed by atoms with E-state index < -0.39 is 10.8 Å².